The number of sulfonamides is 1. The molecule has 2 heterocycles. The highest BCUT2D eigenvalue weighted by molar-refractivity contribution is 7.89. The van der Waals surface area contributed by atoms with Crippen LogP contribution >= 0.6 is 11.6 Å². The second-order valence-electron chi connectivity index (χ2n) is 3.85. The number of morpholine rings is 1. The van der Waals surface area contributed by atoms with Crippen molar-refractivity contribution in [3.63, 3.8) is 0 Å². The molecule has 0 bridgehead atoms. The van der Waals surface area contributed by atoms with E-state index in [0.29, 0.717) is 0 Å². The minimum absolute atomic E-state index is 0.0982. The molecule has 1 aromatic heterocycles. The highest BCUT2D eigenvalue weighted by Gasteiger charge is 2.30. The van der Waals surface area contributed by atoms with Gasteiger partial charge >= 0.3 is 0 Å². The minimum Gasteiger partial charge on any atom is -0.394 e. The van der Waals surface area contributed by atoms with E-state index in [-0.39, 0.29) is 36.4 Å². The molecule has 1 aliphatic rings. The molecule has 6 nitrogen and oxygen atoms in total. The summed E-state index contributed by atoms with van der Waals surface area (Å²) >= 11 is 5.69. The third kappa shape index (κ3) is 2.81. The lowest BCUT2D eigenvalue weighted by Crippen LogP contribution is -2.46. The Morgan fingerprint density at radius 1 is 1.61 bits per heavy atom. The molecule has 1 aromatic rings. The molecule has 0 amide bonds. The number of hydrogen-bond donors (Lipinski definition) is 1. The molecule has 18 heavy (non-hydrogen) atoms. The molecule has 0 radical (unpaired) electrons. The van der Waals surface area contributed by atoms with E-state index in [1.54, 1.807) is 0 Å². The largest absolute Gasteiger partial charge is 0.394 e. The second-order valence-corrected chi connectivity index (χ2v) is 6.18. The van der Waals surface area contributed by atoms with Crippen molar-refractivity contribution in [1.82, 2.24) is 9.29 Å². The maximum Gasteiger partial charge on any atom is 0.243 e. The molecule has 1 fully saturated rings. The van der Waals surface area contributed by atoms with Crippen LogP contribution < -0.4 is 0 Å². The third-order valence-corrected chi connectivity index (χ3v) is 4.71. The van der Waals surface area contributed by atoms with Gasteiger partial charge in [0.15, 0.2) is 0 Å². The van der Waals surface area contributed by atoms with Crippen LogP contribution in [0.1, 0.15) is 0 Å². The molecule has 1 N–H and O–H groups in total. The van der Waals surface area contributed by atoms with Gasteiger partial charge in [-0.05, 0) is 12.1 Å². The normalized spacial score (nSPS) is 22.0. The van der Waals surface area contributed by atoms with E-state index in [1.807, 2.05) is 0 Å². The highest BCUT2D eigenvalue weighted by Crippen LogP contribution is 2.20. The van der Waals surface area contributed by atoms with Crippen molar-refractivity contribution in [1.29, 1.82) is 0 Å². The topological polar surface area (TPSA) is 79.7 Å². The van der Waals surface area contributed by atoms with E-state index in [4.69, 9.17) is 21.4 Å². The fraction of sp³-hybridized carbons (Fsp3) is 0.500. The van der Waals surface area contributed by atoms with Crippen LogP contribution in [0.5, 0.6) is 0 Å². The molecule has 0 aliphatic carbocycles. The number of rotatable bonds is 3. The first-order valence-electron chi connectivity index (χ1n) is 5.38. The Bertz CT molecular complexity index is 522. The van der Waals surface area contributed by atoms with Gasteiger partial charge in [0.25, 0.3) is 0 Å². The number of aliphatic hydroxyl groups is 1. The fourth-order valence-electron chi connectivity index (χ4n) is 1.72. The Kier molecular flexibility index (Phi) is 4.18. The third-order valence-electron chi connectivity index (χ3n) is 2.64. The summed E-state index contributed by atoms with van der Waals surface area (Å²) in [6.07, 6.45) is 0.866. The van der Waals surface area contributed by atoms with E-state index in [0.717, 1.165) is 0 Å². The van der Waals surface area contributed by atoms with Crippen LogP contribution in [0.4, 0.5) is 0 Å². The molecule has 1 saturated heterocycles. The lowest BCUT2D eigenvalue weighted by Gasteiger charge is -2.31. The van der Waals surface area contributed by atoms with Crippen LogP contribution in [0.2, 0.25) is 5.15 Å². The van der Waals surface area contributed by atoms with Crippen molar-refractivity contribution in [2.24, 2.45) is 0 Å². The zero-order valence-corrected chi connectivity index (χ0v) is 11.1. The van der Waals surface area contributed by atoms with Gasteiger partial charge in [-0.2, -0.15) is 4.31 Å². The van der Waals surface area contributed by atoms with Gasteiger partial charge in [-0.25, -0.2) is 13.4 Å². The summed E-state index contributed by atoms with van der Waals surface area (Å²) in [7, 11) is -3.61. The van der Waals surface area contributed by atoms with Gasteiger partial charge in [0, 0.05) is 19.3 Å². The lowest BCUT2D eigenvalue weighted by atomic mass is 10.3. The van der Waals surface area contributed by atoms with Crippen molar-refractivity contribution in [3.05, 3.63) is 23.5 Å². The molecule has 0 spiro atoms. The zero-order valence-electron chi connectivity index (χ0n) is 9.49. The van der Waals surface area contributed by atoms with Crippen molar-refractivity contribution < 1.29 is 18.3 Å². The van der Waals surface area contributed by atoms with E-state index >= 15 is 0 Å². The summed E-state index contributed by atoms with van der Waals surface area (Å²) in [5.41, 5.74) is 0. The van der Waals surface area contributed by atoms with Crippen LogP contribution in [-0.2, 0) is 14.8 Å². The fourth-order valence-corrected chi connectivity index (χ4v) is 3.42. The van der Waals surface area contributed by atoms with Gasteiger partial charge in [-0.15, -0.1) is 0 Å². The number of nitrogens with zero attached hydrogens (tertiary/aromatic N) is 2. The summed E-state index contributed by atoms with van der Waals surface area (Å²) in [6, 6.07) is 2.70. The Morgan fingerprint density at radius 2 is 2.39 bits per heavy atom. The zero-order chi connectivity index (χ0) is 13.2. The summed E-state index contributed by atoms with van der Waals surface area (Å²) in [4.78, 5) is 3.85. The number of aromatic nitrogens is 1. The smallest absolute Gasteiger partial charge is 0.243 e. The van der Waals surface area contributed by atoms with Crippen LogP contribution in [0.3, 0.4) is 0 Å². The molecule has 8 heteroatoms. The quantitative estimate of drug-likeness (QED) is 0.800. The van der Waals surface area contributed by atoms with Gasteiger partial charge in [0.2, 0.25) is 10.0 Å². The Morgan fingerprint density at radius 3 is 3.06 bits per heavy atom. The predicted molar refractivity (Wildman–Crippen MR) is 64.8 cm³/mol. The monoisotopic (exact) mass is 292 g/mol. The average Bonchev–Trinajstić information content (AvgIpc) is 2.39. The van der Waals surface area contributed by atoms with Crippen LogP contribution in [-0.4, -0.2) is 55.2 Å². The first kappa shape index (κ1) is 13.7. The van der Waals surface area contributed by atoms with Crippen LogP contribution in [0.25, 0.3) is 0 Å². The van der Waals surface area contributed by atoms with E-state index in [2.05, 4.69) is 4.98 Å². The Hall–Kier alpha value is -0.730. The molecule has 0 aromatic carbocycles. The number of ether oxygens (including phenoxy) is 1. The van der Waals surface area contributed by atoms with E-state index < -0.39 is 16.1 Å². The predicted octanol–water partition coefficient (Wildman–Crippen LogP) is 0.117. The number of pyridine rings is 1. The van der Waals surface area contributed by atoms with Gasteiger partial charge in [-0.1, -0.05) is 11.6 Å². The van der Waals surface area contributed by atoms with Gasteiger partial charge in [0.05, 0.1) is 24.2 Å². The summed E-state index contributed by atoms with van der Waals surface area (Å²) in [6.45, 7) is 0.462. The maximum absolute atomic E-state index is 12.3. The molecule has 0 saturated carbocycles. The second kappa shape index (κ2) is 5.50. The van der Waals surface area contributed by atoms with E-state index in [1.165, 1.54) is 22.6 Å². The summed E-state index contributed by atoms with van der Waals surface area (Å²) in [5, 5.41) is 9.14. The number of hydrogen-bond acceptors (Lipinski definition) is 5. The van der Waals surface area contributed by atoms with Crippen molar-refractivity contribution in [3.8, 4) is 0 Å². The van der Waals surface area contributed by atoms with Crippen molar-refractivity contribution >= 4 is 21.6 Å². The first-order chi connectivity index (χ1) is 8.54. The Labute approximate surface area is 110 Å². The van der Waals surface area contributed by atoms with Crippen molar-refractivity contribution in [2.45, 2.75) is 11.0 Å². The lowest BCUT2D eigenvalue weighted by molar-refractivity contribution is -0.0304. The maximum atomic E-state index is 12.3. The number of aliphatic hydroxyl groups excluding tert-OH is 1. The van der Waals surface area contributed by atoms with Crippen molar-refractivity contribution in [2.75, 3.05) is 26.3 Å². The first-order valence-corrected chi connectivity index (χ1v) is 7.20. The minimum atomic E-state index is -3.61. The summed E-state index contributed by atoms with van der Waals surface area (Å²) in [5.74, 6) is 0. The van der Waals surface area contributed by atoms with E-state index in [9.17, 15) is 8.42 Å². The number of halogens is 1. The molecule has 1 aliphatic heterocycles. The standard InChI is InChI=1S/C10H13ClN2O4S/c11-10-5-9(1-2-12-10)18(15,16)13-3-4-17-8(6-13)7-14/h1-2,5,8,14H,3-4,6-7H2. The van der Waals surface area contributed by atoms with Crippen LogP contribution in [0, 0.1) is 0 Å². The molecule has 1 atom stereocenters. The Balaban J connectivity index is 2.25. The highest BCUT2D eigenvalue weighted by atomic mass is 35.5. The SMILES string of the molecule is O=S(=O)(c1ccnc(Cl)c1)N1CCOC(CO)C1. The molecule has 1 unspecified atom stereocenters. The molecule has 100 valence electrons. The van der Waals surface area contributed by atoms with Gasteiger partial charge in [-0.3, -0.25) is 0 Å². The molecular formula is C10H13ClN2O4S. The molecular weight excluding hydrogens is 280 g/mol. The van der Waals surface area contributed by atoms with Gasteiger partial charge < -0.3 is 9.84 Å². The van der Waals surface area contributed by atoms with Gasteiger partial charge in [0.1, 0.15) is 5.15 Å². The summed E-state index contributed by atoms with van der Waals surface area (Å²) < 4.78 is 31.1. The average molecular weight is 293 g/mol. The van der Waals surface area contributed by atoms with Crippen LogP contribution in [0.15, 0.2) is 23.2 Å². The molecule has 2 rings (SSSR count).